The first-order valence-corrected chi connectivity index (χ1v) is 15.2. The lowest BCUT2D eigenvalue weighted by molar-refractivity contribution is -0.140. The van der Waals surface area contributed by atoms with E-state index in [-0.39, 0.29) is 24.4 Å². The number of carbonyl (C=O) groups excluding carboxylic acids is 2. The molecule has 2 amide bonds. The number of ether oxygens (including phenoxy) is 1. The van der Waals surface area contributed by atoms with E-state index in [0.717, 1.165) is 47.4 Å². The summed E-state index contributed by atoms with van der Waals surface area (Å²) in [6.45, 7) is 5.61. The predicted molar refractivity (Wildman–Crippen MR) is 151 cm³/mol. The minimum atomic E-state index is -3.79. The molecule has 0 aromatic heterocycles. The van der Waals surface area contributed by atoms with Crippen LogP contribution in [0.3, 0.4) is 0 Å². The molecular formula is C29H41N3O5S. The van der Waals surface area contributed by atoms with Crippen LogP contribution in [0.1, 0.15) is 69.9 Å². The van der Waals surface area contributed by atoms with Gasteiger partial charge in [0.2, 0.25) is 21.8 Å². The van der Waals surface area contributed by atoms with Crippen LogP contribution in [0, 0.1) is 0 Å². The molecule has 1 N–H and O–H groups in total. The standard InChI is InChI=1S/C29H41N3O5S/c1-6-26(29(34)30-23-11-7-8-12-23)31(19-22-15-17-24(37-4)18-16-22)28(33)20-32(38(5,35)36)27-14-10-9-13-25(27)21(2)3/h9-10,13-18,21,23,26H,6-8,11-12,19-20H2,1-5H3,(H,30,34). The maximum atomic E-state index is 13.9. The summed E-state index contributed by atoms with van der Waals surface area (Å²) in [4.78, 5) is 28.9. The number of hydrogen-bond acceptors (Lipinski definition) is 5. The van der Waals surface area contributed by atoms with Crippen molar-refractivity contribution < 1.29 is 22.7 Å². The molecule has 2 aromatic rings. The summed E-state index contributed by atoms with van der Waals surface area (Å²) in [6.07, 6.45) is 5.53. The SMILES string of the molecule is CCC(C(=O)NC1CCCC1)N(Cc1ccc(OC)cc1)C(=O)CN(c1ccccc1C(C)C)S(C)(=O)=O. The molecule has 208 valence electrons. The molecule has 0 bridgehead atoms. The third kappa shape index (κ3) is 7.49. The van der Waals surface area contributed by atoms with Crippen molar-refractivity contribution in [2.75, 3.05) is 24.2 Å². The quantitative estimate of drug-likeness (QED) is 0.427. The topological polar surface area (TPSA) is 96.0 Å². The molecule has 38 heavy (non-hydrogen) atoms. The van der Waals surface area contributed by atoms with E-state index in [0.29, 0.717) is 17.9 Å². The van der Waals surface area contributed by atoms with Gasteiger partial charge in [0, 0.05) is 12.6 Å². The van der Waals surface area contributed by atoms with Crippen LogP contribution in [0.5, 0.6) is 5.75 Å². The van der Waals surface area contributed by atoms with Crippen LogP contribution >= 0.6 is 0 Å². The Hall–Kier alpha value is -3.07. The summed E-state index contributed by atoms with van der Waals surface area (Å²) in [6, 6.07) is 13.9. The van der Waals surface area contributed by atoms with Crippen molar-refractivity contribution in [1.82, 2.24) is 10.2 Å². The normalized spacial score (nSPS) is 14.8. The summed E-state index contributed by atoms with van der Waals surface area (Å²) in [5.41, 5.74) is 2.13. The highest BCUT2D eigenvalue weighted by Gasteiger charge is 2.33. The average Bonchev–Trinajstić information content (AvgIpc) is 3.39. The number of methoxy groups -OCH3 is 1. The summed E-state index contributed by atoms with van der Waals surface area (Å²) < 4.78 is 32.3. The monoisotopic (exact) mass is 543 g/mol. The molecule has 1 aliphatic rings. The van der Waals surface area contributed by atoms with Gasteiger partial charge in [-0.15, -0.1) is 0 Å². The van der Waals surface area contributed by atoms with Crippen molar-refractivity contribution in [3.8, 4) is 5.75 Å². The largest absolute Gasteiger partial charge is 0.497 e. The number of sulfonamides is 1. The molecule has 0 spiro atoms. The van der Waals surface area contributed by atoms with Crippen LogP contribution in [0.25, 0.3) is 0 Å². The van der Waals surface area contributed by atoms with E-state index in [2.05, 4.69) is 5.32 Å². The number of hydrogen-bond donors (Lipinski definition) is 1. The molecule has 0 aliphatic heterocycles. The molecule has 2 aromatic carbocycles. The molecule has 0 radical (unpaired) electrons. The van der Waals surface area contributed by atoms with Gasteiger partial charge in [-0.25, -0.2) is 8.42 Å². The highest BCUT2D eigenvalue weighted by molar-refractivity contribution is 7.92. The smallest absolute Gasteiger partial charge is 0.244 e. The van der Waals surface area contributed by atoms with Crippen molar-refractivity contribution in [2.24, 2.45) is 0 Å². The fraction of sp³-hybridized carbons (Fsp3) is 0.517. The van der Waals surface area contributed by atoms with Crippen molar-refractivity contribution in [1.29, 1.82) is 0 Å². The Kier molecular flexibility index (Phi) is 10.2. The highest BCUT2D eigenvalue weighted by Crippen LogP contribution is 2.29. The Balaban J connectivity index is 1.96. The third-order valence-electron chi connectivity index (χ3n) is 7.11. The van der Waals surface area contributed by atoms with E-state index >= 15 is 0 Å². The van der Waals surface area contributed by atoms with E-state index in [4.69, 9.17) is 4.74 Å². The zero-order valence-electron chi connectivity index (χ0n) is 23.1. The third-order valence-corrected chi connectivity index (χ3v) is 8.23. The molecule has 0 saturated heterocycles. The molecular weight excluding hydrogens is 502 g/mol. The van der Waals surface area contributed by atoms with Gasteiger partial charge in [-0.05, 0) is 54.5 Å². The molecule has 9 heteroatoms. The molecule has 1 atom stereocenters. The van der Waals surface area contributed by atoms with E-state index in [1.54, 1.807) is 31.4 Å². The lowest BCUT2D eigenvalue weighted by Gasteiger charge is -2.34. The van der Waals surface area contributed by atoms with Crippen LogP contribution in [0.2, 0.25) is 0 Å². The molecule has 8 nitrogen and oxygen atoms in total. The van der Waals surface area contributed by atoms with E-state index in [1.165, 1.54) is 4.90 Å². The second-order valence-electron chi connectivity index (χ2n) is 10.3. The first kappa shape index (κ1) is 29.5. The number of para-hydroxylation sites is 1. The van der Waals surface area contributed by atoms with Gasteiger partial charge in [0.05, 0.1) is 19.1 Å². The first-order valence-electron chi connectivity index (χ1n) is 13.3. The number of carbonyl (C=O) groups is 2. The van der Waals surface area contributed by atoms with Gasteiger partial charge in [-0.2, -0.15) is 0 Å². The maximum absolute atomic E-state index is 13.9. The number of nitrogens with one attached hydrogen (secondary N) is 1. The van der Waals surface area contributed by atoms with Gasteiger partial charge in [-0.3, -0.25) is 13.9 Å². The van der Waals surface area contributed by atoms with Crippen molar-refractivity contribution in [3.63, 3.8) is 0 Å². The van der Waals surface area contributed by atoms with Gasteiger partial charge in [0.15, 0.2) is 0 Å². The van der Waals surface area contributed by atoms with Crippen LogP contribution in [0.15, 0.2) is 48.5 Å². The van der Waals surface area contributed by atoms with Gasteiger partial charge in [-0.1, -0.05) is 63.9 Å². The zero-order chi connectivity index (χ0) is 27.9. The van der Waals surface area contributed by atoms with Crippen molar-refractivity contribution in [2.45, 2.75) is 77.4 Å². The number of rotatable bonds is 12. The van der Waals surface area contributed by atoms with Crippen LogP contribution < -0.4 is 14.4 Å². The molecule has 0 heterocycles. The summed E-state index contributed by atoms with van der Waals surface area (Å²) in [7, 11) is -2.20. The van der Waals surface area contributed by atoms with Crippen LogP contribution in [-0.2, 0) is 26.2 Å². The zero-order valence-corrected chi connectivity index (χ0v) is 24.0. The number of anilines is 1. The first-order chi connectivity index (χ1) is 18.0. The second-order valence-corrected chi connectivity index (χ2v) is 12.2. The number of amides is 2. The number of nitrogens with zero attached hydrogens (tertiary/aromatic N) is 2. The minimum absolute atomic E-state index is 0.0570. The Morgan fingerprint density at radius 3 is 2.24 bits per heavy atom. The van der Waals surface area contributed by atoms with Gasteiger partial charge in [0.25, 0.3) is 0 Å². The lowest BCUT2D eigenvalue weighted by atomic mass is 10.0. The van der Waals surface area contributed by atoms with Crippen molar-refractivity contribution >= 4 is 27.5 Å². The lowest BCUT2D eigenvalue weighted by Crippen LogP contribution is -2.53. The van der Waals surface area contributed by atoms with Gasteiger partial charge in [0.1, 0.15) is 18.3 Å². The molecule has 1 unspecified atom stereocenters. The summed E-state index contributed by atoms with van der Waals surface area (Å²) in [5, 5.41) is 3.12. The van der Waals surface area contributed by atoms with E-state index < -0.39 is 28.5 Å². The van der Waals surface area contributed by atoms with Crippen LogP contribution in [-0.4, -0.2) is 57.1 Å². The summed E-state index contributed by atoms with van der Waals surface area (Å²) in [5.74, 6) is 0.112. The second kappa shape index (κ2) is 13.1. The maximum Gasteiger partial charge on any atom is 0.244 e. The molecule has 1 fully saturated rings. The van der Waals surface area contributed by atoms with Crippen LogP contribution in [0.4, 0.5) is 5.69 Å². The Labute approximate surface area is 227 Å². The molecule has 1 aliphatic carbocycles. The summed E-state index contributed by atoms with van der Waals surface area (Å²) >= 11 is 0. The Morgan fingerprint density at radius 1 is 1.05 bits per heavy atom. The fourth-order valence-electron chi connectivity index (χ4n) is 5.01. The molecule has 3 rings (SSSR count). The van der Waals surface area contributed by atoms with Gasteiger partial charge < -0.3 is 15.0 Å². The average molecular weight is 544 g/mol. The predicted octanol–water partition coefficient (Wildman–Crippen LogP) is 4.45. The Morgan fingerprint density at radius 2 is 1.68 bits per heavy atom. The Bertz CT molecular complexity index is 1190. The minimum Gasteiger partial charge on any atom is -0.497 e. The molecule has 1 saturated carbocycles. The number of benzene rings is 2. The van der Waals surface area contributed by atoms with Crippen molar-refractivity contribution in [3.05, 3.63) is 59.7 Å². The van der Waals surface area contributed by atoms with Gasteiger partial charge >= 0.3 is 0 Å². The highest BCUT2D eigenvalue weighted by atomic mass is 32.2. The van der Waals surface area contributed by atoms with E-state index in [1.807, 2.05) is 45.0 Å². The fourth-order valence-corrected chi connectivity index (χ4v) is 5.88. The van der Waals surface area contributed by atoms with E-state index in [9.17, 15) is 18.0 Å².